The number of nitrogens with two attached hydrogens (primary N) is 1. The molecule has 1 saturated carbocycles. The maximum absolute atomic E-state index is 13.5. The molecular formula is C15H20FNO2. The summed E-state index contributed by atoms with van der Waals surface area (Å²) in [5.41, 5.74) is 5.98. The first-order chi connectivity index (χ1) is 8.98. The average Bonchev–Trinajstić information content (AvgIpc) is 2.42. The summed E-state index contributed by atoms with van der Waals surface area (Å²) in [6.45, 7) is 1.93. The molecule has 0 aromatic heterocycles. The third-order valence-corrected chi connectivity index (χ3v) is 4.57. The number of benzene rings is 1. The van der Waals surface area contributed by atoms with E-state index in [2.05, 4.69) is 0 Å². The topological polar surface area (TPSA) is 63.3 Å². The number of halogens is 1. The lowest BCUT2D eigenvalue weighted by atomic mass is 9.67. The van der Waals surface area contributed by atoms with Gasteiger partial charge in [-0.2, -0.15) is 0 Å². The van der Waals surface area contributed by atoms with Crippen molar-refractivity contribution in [3.63, 3.8) is 0 Å². The Labute approximate surface area is 112 Å². The largest absolute Gasteiger partial charge is 0.481 e. The minimum Gasteiger partial charge on any atom is -0.481 e. The predicted octanol–water partition coefficient (Wildman–Crippen LogP) is 3.55. The van der Waals surface area contributed by atoms with Gasteiger partial charge in [0.1, 0.15) is 5.82 Å². The smallest absolute Gasteiger partial charge is 0.309 e. The van der Waals surface area contributed by atoms with E-state index in [0.29, 0.717) is 19.3 Å². The van der Waals surface area contributed by atoms with Crippen molar-refractivity contribution in [1.29, 1.82) is 0 Å². The summed E-state index contributed by atoms with van der Waals surface area (Å²) in [6, 6.07) is 4.92. The molecule has 0 saturated heterocycles. The quantitative estimate of drug-likeness (QED) is 0.821. The summed E-state index contributed by atoms with van der Waals surface area (Å²) in [5.74, 6) is -0.839. The van der Waals surface area contributed by atoms with Gasteiger partial charge in [-0.15, -0.1) is 0 Å². The molecule has 0 heterocycles. The lowest BCUT2D eigenvalue weighted by molar-refractivity contribution is -0.151. The average molecular weight is 265 g/mol. The third kappa shape index (κ3) is 2.57. The number of hydrogen-bond donors (Lipinski definition) is 2. The summed E-state index contributed by atoms with van der Waals surface area (Å²) < 4.78 is 13.5. The normalized spacial score (nSPS) is 27.2. The zero-order chi connectivity index (χ0) is 14.0. The van der Waals surface area contributed by atoms with Crippen LogP contribution in [0.15, 0.2) is 18.2 Å². The molecule has 0 atom stereocenters. The molecular weight excluding hydrogens is 245 g/mol. The van der Waals surface area contributed by atoms with Gasteiger partial charge in [0.2, 0.25) is 0 Å². The van der Waals surface area contributed by atoms with Crippen molar-refractivity contribution in [3.8, 4) is 0 Å². The van der Waals surface area contributed by atoms with Crippen LogP contribution in [-0.2, 0) is 4.79 Å². The van der Waals surface area contributed by atoms with Crippen LogP contribution in [0.4, 0.5) is 10.1 Å². The number of aliphatic carboxylic acids is 1. The highest BCUT2D eigenvalue weighted by Gasteiger charge is 2.40. The van der Waals surface area contributed by atoms with Gasteiger partial charge in [-0.3, -0.25) is 4.79 Å². The van der Waals surface area contributed by atoms with Gasteiger partial charge < -0.3 is 10.8 Å². The predicted molar refractivity (Wildman–Crippen MR) is 72.4 cm³/mol. The summed E-state index contributed by atoms with van der Waals surface area (Å²) in [4.78, 5) is 11.4. The van der Waals surface area contributed by atoms with E-state index in [4.69, 9.17) is 5.73 Å². The highest BCUT2D eigenvalue weighted by molar-refractivity contribution is 5.74. The fourth-order valence-electron chi connectivity index (χ4n) is 3.02. The first-order valence-electron chi connectivity index (χ1n) is 6.77. The number of anilines is 1. The molecule has 1 fully saturated rings. The van der Waals surface area contributed by atoms with Crippen LogP contribution in [-0.4, -0.2) is 11.1 Å². The van der Waals surface area contributed by atoms with Gasteiger partial charge in [0.15, 0.2) is 0 Å². The van der Waals surface area contributed by atoms with Crippen molar-refractivity contribution in [2.75, 3.05) is 5.73 Å². The van der Waals surface area contributed by atoms with Crippen molar-refractivity contribution in [1.82, 2.24) is 0 Å². The van der Waals surface area contributed by atoms with E-state index < -0.39 is 11.4 Å². The molecule has 1 aromatic carbocycles. The van der Waals surface area contributed by atoms with Gasteiger partial charge in [-0.25, -0.2) is 4.39 Å². The fraction of sp³-hybridized carbons (Fsp3) is 0.533. The van der Waals surface area contributed by atoms with Crippen LogP contribution < -0.4 is 5.73 Å². The second-order valence-electron chi connectivity index (χ2n) is 5.49. The maximum atomic E-state index is 13.5. The lowest BCUT2D eigenvalue weighted by Gasteiger charge is -2.36. The van der Waals surface area contributed by atoms with E-state index in [9.17, 15) is 14.3 Å². The molecule has 3 N–H and O–H groups in total. The van der Waals surface area contributed by atoms with Crippen molar-refractivity contribution >= 4 is 11.7 Å². The molecule has 3 nitrogen and oxygen atoms in total. The van der Waals surface area contributed by atoms with Gasteiger partial charge >= 0.3 is 5.97 Å². The third-order valence-electron chi connectivity index (χ3n) is 4.57. The van der Waals surface area contributed by atoms with Crippen molar-refractivity contribution in [3.05, 3.63) is 29.6 Å². The van der Waals surface area contributed by atoms with Gasteiger partial charge in [-0.05, 0) is 55.7 Å². The highest BCUT2D eigenvalue weighted by Crippen LogP contribution is 2.45. The molecule has 19 heavy (non-hydrogen) atoms. The minimum atomic E-state index is -0.697. The van der Waals surface area contributed by atoms with Crippen LogP contribution in [0.3, 0.4) is 0 Å². The molecule has 1 aliphatic rings. The Kier molecular flexibility index (Phi) is 3.78. The Balaban J connectivity index is 2.11. The molecule has 0 unspecified atom stereocenters. The van der Waals surface area contributed by atoms with E-state index in [1.165, 1.54) is 6.07 Å². The van der Waals surface area contributed by atoms with Gasteiger partial charge in [0, 0.05) is 0 Å². The van der Waals surface area contributed by atoms with E-state index in [-0.39, 0.29) is 17.4 Å². The molecule has 4 heteroatoms. The second-order valence-corrected chi connectivity index (χ2v) is 5.49. The van der Waals surface area contributed by atoms with Crippen LogP contribution >= 0.6 is 0 Å². The first-order valence-corrected chi connectivity index (χ1v) is 6.77. The number of rotatable bonds is 3. The Morgan fingerprint density at radius 1 is 1.47 bits per heavy atom. The minimum absolute atomic E-state index is 0.160. The SMILES string of the molecule is CCC1(C(=O)O)CCC(c2ccc(N)c(F)c2)CC1. The first kappa shape index (κ1) is 13.8. The molecule has 1 aliphatic carbocycles. The van der Waals surface area contributed by atoms with Gasteiger partial charge in [0.25, 0.3) is 0 Å². The summed E-state index contributed by atoms with van der Waals surface area (Å²) in [5, 5.41) is 9.35. The lowest BCUT2D eigenvalue weighted by Crippen LogP contribution is -2.34. The zero-order valence-electron chi connectivity index (χ0n) is 11.2. The molecule has 0 bridgehead atoms. The van der Waals surface area contributed by atoms with E-state index >= 15 is 0 Å². The van der Waals surface area contributed by atoms with Crippen LogP contribution in [0.1, 0.15) is 50.5 Å². The molecule has 0 radical (unpaired) electrons. The van der Waals surface area contributed by atoms with E-state index in [1.54, 1.807) is 6.07 Å². The second kappa shape index (κ2) is 5.19. The Morgan fingerprint density at radius 2 is 2.11 bits per heavy atom. The number of carbonyl (C=O) groups is 1. The van der Waals surface area contributed by atoms with Gasteiger partial charge in [-0.1, -0.05) is 13.0 Å². The zero-order valence-corrected chi connectivity index (χ0v) is 11.2. The molecule has 104 valence electrons. The van der Waals surface area contributed by atoms with Crippen molar-refractivity contribution < 1.29 is 14.3 Å². The molecule has 1 aromatic rings. The summed E-state index contributed by atoms with van der Waals surface area (Å²) >= 11 is 0. The van der Waals surface area contributed by atoms with Crippen molar-refractivity contribution in [2.45, 2.75) is 44.9 Å². The number of nitrogen functional groups attached to an aromatic ring is 1. The maximum Gasteiger partial charge on any atom is 0.309 e. The summed E-state index contributed by atoms with van der Waals surface area (Å²) in [6.07, 6.45) is 3.57. The Morgan fingerprint density at radius 3 is 2.58 bits per heavy atom. The Bertz CT molecular complexity index is 479. The molecule has 0 spiro atoms. The summed E-state index contributed by atoms with van der Waals surface area (Å²) in [7, 11) is 0. The number of carboxylic acid groups (broad SMARTS) is 1. The van der Waals surface area contributed by atoms with Gasteiger partial charge in [0.05, 0.1) is 11.1 Å². The monoisotopic (exact) mass is 265 g/mol. The van der Waals surface area contributed by atoms with E-state index in [0.717, 1.165) is 18.4 Å². The molecule has 0 aliphatic heterocycles. The number of hydrogen-bond acceptors (Lipinski definition) is 2. The Hall–Kier alpha value is -1.58. The van der Waals surface area contributed by atoms with Crippen LogP contribution in [0.5, 0.6) is 0 Å². The van der Waals surface area contributed by atoms with Crippen molar-refractivity contribution in [2.24, 2.45) is 5.41 Å². The van der Waals surface area contributed by atoms with Crippen LogP contribution in [0, 0.1) is 11.2 Å². The molecule has 2 rings (SSSR count). The highest BCUT2D eigenvalue weighted by atomic mass is 19.1. The molecule has 0 amide bonds. The van der Waals surface area contributed by atoms with Crippen LogP contribution in [0.25, 0.3) is 0 Å². The number of carboxylic acids is 1. The fourth-order valence-corrected chi connectivity index (χ4v) is 3.02. The van der Waals surface area contributed by atoms with E-state index in [1.807, 2.05) is 13.0 Å². The van der Waals surface area contributed by atoms with Crippen LogP contribution in [0.2, 0.25) is 0 Å². The standard InChI is InChI=1S/C15H20FNO2/c1-2-15(14(18)19)7-5-10(6-8-15)11-3-4-13(17)12(16)9-11/h3-4,9-10H,2,5-8,17H2,1H3,(H,18,19).